The van der Waals surface area contributed by atoms with Crippen molar-refractivity contribution < 1.29 is 23.9 Å². The number of nitrogens with one attached hydrogen (secondary N) is 1. The first-order chi connectivity index (χ1) is 13.4. The van der Waals surface area contributed by atoms with Crippen LogP contribution in [0.15, 0.2) is 42.5 Å². The maximum absolute atomic E-state index is 12.7. The first kappa shape index (κ1) is 19.1. The lowest BCUT2D eigenvalue weighted by Crippen LogP contribution is -2.26. The normalized spacial score (nSPS) is 13.4. The molecule has 1 aliphatic heterocycles. The third-order valence-electron chi connectivity index (χ3n) is 4.21. The van der Waals surface area contributed by atoms with Crippen molar-refractivity contribution in [1.29, 1.82) is 0 Å². The quantitative estimate of drug-likeness (QED) is 0.606. The predicted octanol–water partition coefficient (Wildman–Crippen LogP) is 1.90. The summed E-state index contributed by atoms with van der Waals surface area (Å²) in [7, 11) is 0. The van der Waals surface area contributed by atoms with E-state index in [9.17, 15) is 19.2 Å². The summed E-state index contributed by atoms with van der Waals surface area (Å²) in [6, 6.07) is 11.3. The van der Waals surface area contributed by atoms with Crippen LogP contribution in [0.2, 0.25) is 0 Å². The Morgan fingerprint density at radius 3 is 2.50 bits per heavy atom. The van der Waals surface area contributed by atoms with Gasteiger partial charge < -0.3 is 15.8 Å². The van der Waals surface area contributed by atoms with Crippen LogP contribution in [0.5, 0.6) is 0 Å². The zero-order valence-corrected chi connectivity index (χ0v) is 15.2. The second-order valence-electron chi connectivity index (χ2n) is 6.20. The largest absolute Gasteiger partial charge is 0.466 e. The van der Waals surface area contributed by atoms with Crippen molar-refractivity contribution in [1.82, 2.24) is 0 Å². The number of anilines is 3. The Balaban J connectivity index is 1.96. The molecule has 1 heterocycles. The van der Waals surface area contributed by atoms with E-state index in [4.69, 9.17) is 10.5 Å². The molecule has 0 radical (unpaired) electrons. The molecule has 8 nitrogen and oxygen atoms in total. The maximum Gasteiger partial charge on any atom is 0.310 e. The van der Waals surface area contributed by atoms with E-state index in [1.54, 1.807) is 37.3 Å². The Bertz CT molecular complexity index is 953. The summed E-state index contributed by atoms with van der Waals surface area (Å²) in [6.07, 6.45) is -0.216. The highest BCUT2D eigenvalue weighted by atomic mass is 16.5. The molecule has 28 heavy (non-hydrogen) atoms. The van der Waals surface area contributed by atoms with Crippen molar-refractivity contribution in [3.8, 4) is 0 Å². The standard InChI is InChI=1S/C20H19N3O5/c1-2-28-19(26)9-12-3-6-14(7-4-12)23-16-8-5-13(20(21)27)10-15(16)22-17(24)11-18(23)25/h3-8,10H,2,9,11H2,1H3,(H2,21,27)(H,22,24). The van der Waals surface area contributed by atoms with Crippen molar-refractivity contribution in [2.24, 2.45) is 5.73 Å². The zero-order valence-electron chi connectivity index (χ0n) is 15.2. The first-order valence-corrected chi connectivity index (χ1v) is 8.70. The fourth-order valence-corrected chi connectivity index (χ4v) is 2.95. The Labute approximate surface area is 161 Å². The van der Waals surface area contributed by atoms with Gasteiger partial charge in [-0.25, -0.2) is 0 Å². The fraction of sp³-hybridized carbons (Fsp3) is 0.200. The summed E-state index contributed by atoms with van der Waals surface area (Å²) in [6.45, 7) is 2.05. The number of fused-ring (bicyclic) bond motifs is 1. The topological polar surface area (TPSA) is 119 Å². The molecule has 3 rings (SSSR count). The highest BCUT2D eigenvalue weighted by Crippen LogP contribution is 2.35. The molecule has 0 unspecified atom stereocenters. The summed E-state index contributed by atoms with van der Waals surface area (Å²) in [5, 5.41) is 2.63. The Morgan fingerprint density at radius 2 is 1.86 bits per heavy atom. The SMILES string of the molecule is CCOC(=O)Cc1ccc(N2C(=O)CC(=O)Nc3cc(C(N)=O)ccc32)cc1. The van der Waals surface area contributed by atoms with Gasteiger partial charge in [-0.05, 0) is 42.8 Å². The fourth-order valence-electron chi connectivity index (χ4n) is 2.95. The molecule has 0 saturated carbocycles. The lowest BCUT2D eigenvalue weighted by Gasteiger charge is -2.23. The van der Waals surface area contributed by atoms with Gasteiger partial charge in [-0.1, -0.05) is 12.1 Å². The number of esters is 1. The van der Waals surface area contributed by atoms with E-state index in [1.165, 1.54) is 17.0 Å². The third-order valence-corrected chi connectivity index (χ3v) is 4.21. The number of amides is 3. The van der Waals surface area contributed by atoms with Gasteiger partial charge >= 0.3 is 5.97 Å². The number of nitrogens with two attached hydrogens (primary N) is 1. The van der Waals surface area contributed by atoms with E-state index >= 15 is 0 Å². The van der Waals surface area contributed by atoms with Gasteiger partial charge in [0, 0.05) is 11.3 Å². The zero-order chi connectivity index (χ0) is 20.3. The van der Waals surface area contributed by atoms with Crippen LogP contribution in [-0.4, -0.2) is 30.3 Å². The first-order valence-electron chi connectivity index (χ1n) is 8.70. The number of carbonyl (C=O) groups excluding carboxylic acids is 4. The predicted molar refractivity (Wildman–Crippen MR) is 102 cm³/mol. The van der Waals surface area contributed by atoms with Crippen LogP contribution >= 0.6 is 0 Å². The summed E-state index contributed by atoms with van der Waals surface area (Å²) in [4.78, 5) is 49.1. The minimum atomic E-state index is -0.637. The smallest absolute Gasteiger partial charge is 0.310 e. The van der Waals surface area contributed by atoms with Gasteiger partial charge in [0.1, 0.15) is 6.42 Å². The van der Waals surface area contributed by atoms with E-state index in [0.29, 0.717) is 23.7 Å². The van der Waals surface area contributed by atoms with E-state index in [2.05, 4.69) is 5.32 Å². The van der Waals surface area contributed by atoms with Gasteiger partial charge in [0.15, 0.2) is 0 Å². The van der Waals surface area contributed by atoms with E-state index in [0.717, 1.165) is 5.56 Å². The number of benzene rings is 2. The number of rotatable bonds is 5. The monoisotopic (exact) mass is 381 g/mol. The van der Waals surface area contributed by atoms with Crippen LogP contribution in [0.25, 0.3) is 0 Å². The van der Waals surface area contributed by atoms with Crippen LogP contribution in [0, 0.1) is 0 Å². The molecule has 144 valence electrons. The molecule has 0 bridgehead atoms. The van der Waals surface area contributed by atoms with Crippen LogP contribution < -0.4 is 16.0 Å². The number of hydrogen-bond acceptors (Lipinski definition) is 5. The molecule has 0 spiro atoms. The van der Waals surface area contributed by atoms with Crippen molar-refractivity contribution >= 4 is 40.8 Å². The van der Waals surface area contributed by atoms with Gasteiger partial charge in [-0.2, -0.15) is 0 Å². The number of ether oxygens (including phenoxy) is 1. The molecule has 0 aromatic heterocycles. The lowest BCUT2D eigenvalue weighted by molar-refractivity contribution is -0.142. The number of primary amides is 1. The summed E-state index contributed by atoms with van der Waals surface area (Å²) >= 11 is 0. The molecular weight excluding hydrogens is 362 g/mol. The molecule has 1 aliphatic rings. The highest BCUT2D eigenvalue weighted by molar-refractivity contribution is 6.17. The van der Waals surface area contributed by atoms with Crippen molar-refractivity contribution in [2.75, 3.05) is 16.8 Å². The molecular formula is C20H19N3O5. The average molecular weight is 381 g/mol. The van der Waals surface area contributed by atoms with Gasteiger partial charge in [0.25, 0.3) is 0 Å². The molecule has 8 heteroatoms. The third kappa shape index (κ3) is 4.01. The molecule has 0 atom stereocenters. The van der Waals surface area contributed by atoms with Gasteiger partial charge in [-0.15, -0.1) is 0 Å². The number of carbonyl (C=O) groups is 4. The number of nitrogens with zero attached hydrogens (tertiary/aromatic N) is 1. The molecule has 0 aliphatic carbocycles. The van der Waals surface area contributed by atoms with Crippen LogP contribution in [-0.2, 0) is 25.5 Å². The summed E-state index contributed by atoms with van der Waals surface area (Å²) in [5.41, 5.74) is 7.54. The Kier molecular flexibility index (Phi) is 5.39. The van der Waals surface area contributed by atoms with Gasteiger partial charge in [0.2, 0.25) is 17.7 Å². The summed E-state index contributed by atoms with van der Waals surface area (Å²) < 4.78 is 4.93. The van der Waals surface area contributed by atoms with Gasteiger partial charge in [-0.3, -0.25) is 24.1 Å². The average Bonchev–Trinajstić information content (AvgIpc) is 2.76. The lowest BCUT2D eigenvalue weighted by atomic mass is 10.1. The van der Waals surface area contributed by atoms with Crippen LogP contribution in [0.1, 0.15) is 29.3 Å². The molecule has 3 amide bonds. The van der Waals surface area contributed by atoms with E-state index in [-0.39, 0.29) is 24.4 Å². The molecule has 2 aromatic carbocycles. The molecule has 3 N–H and O–H groups in total. The van der Waals surface area contributed by atoms with Crippen LogP contribution in [0.4, 0.5) is 17.1 Å². The summed E-state index contributed by atoms with van der Waals surface area (Å²) in [5.74, 6) is -1.86. The van der Waals surface area contributed by atoms with Crippen molar-refractivity contribution in [3.63, 3.8) is 0 Å². The second-order valence-corrected chi connectivity index (χ2v) is 6.20. The van der Waals surface area contributed by atoms with Crippen molar-refractivity contribution in [2.45, 2.75) is 19.8 Å². The Morgan fingerprint density at radius 1 is 1.14 bits per heavy atom. The molecule has 0 saturated heterocycles. The van der Waals surface area contributed by atoms with E-state index < -0.39 is 17.7 Å². The van der Waals surface area contributed by atoms with Gasteiger partial charge in [0.05, 0.1) is 24.4 Å². The molecule has 2 aromatic rings. The minimum Gasteiger partial charge on any atom is -0.466 e. The van der Waals surface area contributed by atoms with Crippen LogP contribution in [0.3, 0.4) is 0 Å². The van der Waals surface area contributed by atoms with Crippen molar-refractivity contribution in [3.05, 3.63) is 53.6 Å². The van der Waals surface area contributed by atoms with E-state index in [1.807, 2.05) is 0 Å². The minimum absolute atomic E-state index is 0.126. The highest BCUT2D eigenvalue weighted by Gasteiger charge is 2.28. The second kappa shape index (κ2) is 7.91. The number of hydrogen-bond donors (Lipinski definition) is 2. The maximum atomic E-state index is 12.7. The Hall–Kier alpha value is -3.68. The molecule has 0 fully saturated rings.